The van der Waals surface area contributed by atoms with Gasteiger partial charge in [-0.1, -0.05) is 33.6 Å². The molecule has 1 aliphatic heterocycles. The molecule has 0 aliphatic carbocycles. The maximum Gasteiger partial charge on any atom is 0.326 e. The van der Waals surface area contributed by atoms with Gasteiger partial charge in [-0.25, -0.2) is 9.59 Å². The van der Waals surface area contributed by atoms with E-state index in [1.807, 2.05) is 6.92 Å². The van der Waals surface area contributed by atoms with Gasteiger partial charge in [-0.05, 0) is 24.7 Å². The summed E-state index contributed by atoms with van der Waals surface area (Å²) in [5.41, 5.74) is 0.283. The van der Waals surface area contributed by atoms with Crippen molar-refractivity contribution in [3.05, 3.63) is 0 Å². The molecule has 0 aromatic heterocycles. The van der Waals surface area contributed by atoms with Gasteiger partial charge in [0.25, 0.3) is 0 Å². The number of nitrogens with one attached hydrogen (secondary N) is 1. The van der Waals surface area contributed by atoms with Crippen LogP contribution in [0.15, 0.2) is 0 Å². The first-order valence-electron chi connectivity index (χ1n) is 7.14. The number of piperidine rings is 1. The third-order valence-corrected chi connectivity index (χ3v) is 3.85. The molecule has 1 fully saturated rings. The Labute approximate surface area is 115 Å². The number of unbranched alkanes of at least 4 members (excludes halogenated alkanes) is 1. The second-order valence-electron chi connectivity index (χ2n) is 6.13. The molecule has 0 saturated carbocycles. The fourth-order valence-corrected chi connectivity index (χ4v) is 2.22. The van der Waals surface area contributed by atoms with Crippen molar-refractivity contribution in [1.82, 2.24) is 10.2 Å². The molecule has 1 rings (SSSR count). The highest BCUT2D eigenvalue weighted by Crippen LogP contribution is 2.29. The Morgan fingerprint density at radius 1 is 1.32 bits per heavy atom. The van der Waals surface area contributed by atoms with E-state index in [2.05, 4.69) is 19.2 Å². The lowest BCUT2D eigenvalue weighted by atomic mass is 9.83. The van der Waals surface area contributed by atoms with Crippen LogP contribution in [0.5, 0.6) is 0 Å². The van der Waals surface area contributed by atoms with Crippen molar-refractivity contribution < 1.29 is 14.7 Å². The third-order valence-electron chi connectivity index (χ3n) is 3.85. The Bertz CT molecular complexity index is 319. The largest absolute Gasteiger partial charge is 0.480 e. The predicted octanol–water partition coefficient (Wildman–Crippen LogP) is 2.46. The summed E-state index contributed by atoms with van der Waals surface area (Å²) in [5.74, 6) is -0.945. The topological polar surface area (TPSA) is 69.6 Å². The van der Waals surface area contributed by atoms with Gasteiger partial charge in [0.2, 0.25) is 0 Å². The average molecular weight is 270 g/mol. The summed E-state index contributed by atoms with van der Waals surface area (Å²) in [6.45, 7) is 7.82. The lowest BCUT2D eigenvalue weighted by molar-refractivity contribution is -0.139. The van der Waals surface area contributed by atoms with Crippen LogP contribution in [0.2, 0.25) is 0 Å². The van der Waals surface area contributed by atoms with E-state index in [1.165, 1.54) is 0 Å². The standard InChI is InChI=1S/C14H26N2O3/c1-4-5-6-11(12(17)18)15-13(19)16-9-7-14(2,3)8-10-16/h11H,4-10H2,1-3H3,(H,15,19)(H,17,18). The van der Waals surface area contributed by atoms with Gasteiger partial charge in [0.15, 0.2) is 0 Å². The van der Waals surface area contributed by atoms with Crippen LogP contribution in [0.25, 0.3) is 0 Å². The Hall–Kier alpha value is -1.26. The zero-order chi connectivity index (χ0) is 14.5. The molecule has 19 heavy (non-hydrogen) atoms. The second kappa shape index (κ2) is 6.78. The third kappa shape index (κ3) is 5.09. The maximum atomic E-state index is 12.0. The fourth-order valence-electron chi connectivity index (χ4n) is 2.22. The molecule has 1 atom stereocenters. The van der Waals surface area contributed by atoms with E-state index < -0.39 is 12.0 Å². The van der Waals surface area contributed by atoms with Crippen molar-refractivity contribution in [1.29, 1.82) is 0 Å². The van der Waals surface area contributed by atoms with Crippen LogP contribution in [-0.4, -0.2) is 41.1 Å². The first kappa shape index (κ1) is 15.8. The van der Waals surface area contributed by atoms with Crippen LogP contribution in [0, 0.1) is 5.41 Å². The first-order chi connectivity index (χ1) is 8.85. The Kier molecular flexibility index (Phi) is 5.63. The van der Waals surface area contributed by atoms with E-state index in [-0.39, 0.29) is 11.4 Å². The second-order valence-corrected chi connectivity index (χ2v) is 6.13. The molecule has 1 aliphatic rings. The molecule has 0 radical (unpaired) electrons. The molecule has 110 valence electrons. The van der Waals surface area contributed by atoms with Gasteiger partial charge < -0.3 is 15.3 Å². The van der Waals surface area contributed by atoms with Crippen molar-refractivity contribution in [2.75, 3.05) is 13.1 Å². The highest BCUT2D eigenvalue weighted by Gasteiger charge is 2.29. The molecule has 0 bridgehead atoms. The summed E-state index contributed by atoms with van der Waals surface area (Å²) in [5, 5.41) is 11.7. The van der Waals surface area contributed by atoms with E-state index >= 15 is 0 Å². The Morgan fingerprint density at radius 2 is 1.89 bits per heavy atom. The summed E-state index contributed by atoms with van der Waals surface area (Å²) < 4.78 is 0. The average Bonchev–Trinajstić information content (AvgIpc) is 2.33. The van der Waals surface area contributed by atoms with Crippen LogP contribution < -0.4 is 5.32 Å². The predicted molar refractivity (Wildman–Crippen MR) is 74.1 cm³/mol. The van der Waals surface area contributed by atoms with Crippen LogP contribution >= 0.6 is 0 Å². The van der Waals surface area contributed by atoms with Crippen molar-refractivity contribution >= 4 is 12.0 Å². The van der Waals surface area contributed by atoms with Gasteiger partial charge in [0.05, 0.1) is 0 Å². The Morgan fingerprint density at radius 3 is 2.37 bits per heavy atom. The van der Waals surface area contributed by atoms with Crippen molar-refractivity contribution in [2.45, 2.75) is 58.9 Å². The SMILES string of the molecule is CCCCC(NC(=O)N1CCC(C)(C)CC1)C(=O)O. The number of urea groups is 1. The molecule has 2 amide bonds. The minimum atomic E-state index is -0.945. The quantitative estimate of drug-likeness (QED) is 0.806. The summed E-state index contributed by atoms with van der Waals surface area (Å²) >= 11 is 0. The lowest BCUT2D eigenvalue weighted by Crippen LogP contribution is -2.51. The summed E-state index contributed by atoms with van der Waals surface area (Å²) in [6, 6.07) is -0.999. The van der Waals surface area contributed by atoms with Crippen molar-refractivity contribution in [2.24, 2.45) is 5.41 Å². The van der Waals surface area contributed by atoms with E-state index in [0.29, 0.717) is 19.5 Å². The van der Waals surface area contributed by atoms with Crippen molar-refractivity contribution in [3.63, 3.8) is 0 Å². The number of carboxylic acids is 1. The Balaban J connectivity index is 2.46. The highest BCUT2D eigenvalue weighted by molar-refractivity contribution is 5.82. The number of amides is 2. The van der Waals surface area contributed by atoms with Gasteiger partial charge in [0.1, 0.15) is 6.04 Å². The van der Waals surface area contributed by atoms with Crippen LogP contribution in [-0.2, 0) is 4.79 Å². The van der Waals surface area contributed by atoms with E-state index in [0.717, 1.165) is 25.7 Å². The van der Waals surface area contributed by atoms with E-state index in [4.69, 9.17) is 5.11 Å². The molecule has 1 heterocycles. The van der Waals surface area contributed by atoms with Crippen molar-refractivity contribution in [3.8, 4) is 0 Å². The first-order valence-corrected chi connectivity index (χ1v) is 7.14. The van der Waals surface area contributed by atoms with Gasteiger partial charge >= 0.3 is 12.0 Å². The van der Waals surface area contributed by atoms with Crippen LogP contribution in [0.3, 0.4) is 0 Å². The normalized spacial score (nSPS) is 19.8. The number of hydrogen-bond donors (Lipinski definition) is 2. The van der Waals surface area contributed by atoms with Crippen LogP contribution in [0.4, 0.5) is 4.79 Å². The monoisotopic (exact) mass is 270 g/mol. The molecule has 1 unspecified atom stereocenters. The molecule has 2 N–H and O–H groups in total. The van der Waals surface area contributed by atoms with E-state index in [9.17, 15) is 9.59 Å². The molecule has 5 heteroatoms. The molecule has 0 aromatic carbocycles. The van der Waals surface area contributed by atoms with Gasteiger partial charge in [-0.15, -0.1) is 0 Å². The number of nitrogens with zero attached hydrogens (tertiary/aromatic N) is 1. The smallest absolute Gasteiger partial charge is 0.326 e. The zero-order valence-electron chi connectivity index (χ0n) is 12.2. The minimum Gasteiger partial charge on any atom is -0.480 e. The molecule has 0 spiro atoms. The highest BCUT2D eigenvalue weighted by atomic mass is 16.4. The lowest BCUT2D eigenvalue weighted by Gasteiger charge is -2.37. The molecular formula is C14H26N2O3. The van der Waals surface area contributed by atoms with Gasteiger partial charge in [-0.2, -0.15) is 0 Å². The molecule has 5 nitrogen and oxygen atoms in total. The molecular weight excluding hydrogens is 244 g/mol. The number of rotatable bonds is 5. The number of carboxylic acid groups (broad SMARTS) is 1. The maximum absolute atomic E-state index is 12.0. The summed E-state index contributed by atoms with van der Waals surface area (Å²) in [6.07, 6.45) is 4.17. The molecule has 1 saturated heterocycles. The summed E-state index contributed by atoms with van der Waals surface area (Å²) in [4.78, 5) is 24.9. The zero-order valence-corrected chi connectivity index (χ0v) is 12.2. The number of carbonyl (C=O) groups excluding carboxylic acids is 1. The number of likely N-dealkylation sites (tertiary alicyclic amines) is 1. The van der Waals surface area contributed by atoms with Gasteiger partial charge in [-0.3, -0.25) is 0 Å². The van der Waals surface area contributed by atoms with Crippen LogP contribution in [0.1, 0.15) is 52.9 Å². The number of carbonyl (C=O) groups is 2. The van der Waals surface area contributed by atoms with Gasteiger partial charge in [0, 0.05) is 13.1 Å². The summed E-state index contributed by atoms with van der Waals surface area (Å²) in [7, 11) is 0. The number of aliphatic carboxylic acids is 1. The molecule has 0 aromatic rings. The van der Waals surface area contributed by atoms with E-state index in [1.54, 1.807) is 4.90 Å². The number of hydrogen-bond acceptors (Lipinski definition) is 2. The minimum absolute atomic E-state index is 0.237. The fraction of sp³-hybridized carbons (Fsp3) is 0.857.